The van der Waals surface area contributed by atoms with Gasteiger partial charge >= 0.3 is 0 Å². The lowest BCUT2D eigenvalue weighted by atomic mass is 9.98. The van der Waals surface area contributed by atoms with E-state index in [-0.39, 0.29) is 0 Å². The molecule has 2 atom stereocenters. The average molecular weight is 236 g/mol. The number of hydrogen-bond donors (Lipinski definition) is 2. The number of allylic oxidation sites excluding steroid dienone is 3. The highest BCUT2D eigenvalue weighted by Gasteiger charge is 2.15. The van der Waals surface area contributed by atoms with Gasteiger partial charge in [-0.3, -0.25) is 5.32 Å². The number of dihydropyridines is 1. The molecule has 17 heavy (non-hydrogen) atoms. The number of rotatable bonds is 7. The maximum Gasteiger partial charge on any atom is 0.0989 e. The molecule has 0 fully saturated rings. The molecule has 0 aliphatic carbocycles. The third-order valence-electron chi connectivity index (χ3n) is 3.63. The number of hydrogen-bond acceptors (Lipinski definition) is 2. The first-order valence-corrected chi connectivity index (χ1v) is 7.04. The van der Waals surface area contributed by atoms with Gasteiger partial charge in [-0.1, -0.05) is 39.7 Å². The van der Waals surface area contributed by atoms with Gasteiger partial charge in [0.15, 0.2) is 0 Å². The van der Waals surface area contributed by atoms with Gasteiger partial charge < -0.3 is 5.32 Å². The smallest absolute Gasteiger partial charge is 0.0989 e. The SMILES string of the molecule is CCCC1=CC=C(CCC(C)CC)NC1NC. The molecule has 2 nitrogen and oxygen atoms in total. The van der Waals surface area contributed by atoms with E-state index < -0.39 is 0 Å². The summed E-state index contributed by atoms with van der Waals surface area (Å²) in [6, 6.07) is 0. The summed E-state index contributed by atoms with van der Waals surface area (Å²) in [5, 5.41) is 6.95. The molecule has 0 aromatic carbocycles. The largest absolute Gasteiger partial charge is 0.370 e. The van der Waals surface area contributed by atoms with Gasteiger partial charge in [0.05, 0.1) is 6.17 Å². The molecular weight excluding hydrogens is 208 g/mol. The summed E-state index contributed by atoms with van der Waals surface area (Å²) >= 11 is 0. The predicted octanol–water partition coefficient (Wildman–Crippen LogP) is 3.57. The van der Waals surface area contributed by atoms with E-state index in [1.807, 2.05) is 7.05 Å². The molecule has 0 amide bonds. The molecule has 1 heterocycles. The van der Waals surface area contributed by atoms with E-state index in [1.54, 1.807) is 0 Å². The molecule has 0 aromatic rings. The van der Waals surface area contributed by atoms with Crippen molar-refractivity contribution in [2.75, 3.05) is 7.05 Å². The van der Waals surface area contributed by atoms with Crippen molar-refractivity contribution in [3.8, 4) is 0 Å². The second-order valence-corrected chi connectivity index (χ2v) is 5.10. The van der Waals surface area contributed by atoms with E-state index in [4.69, 9.17) is 0 Å². The fraction of sp³-hybridized carbons (Fsp3) is 0.733. The van der Waals surface area contributed by atoms with Crippen LogP contribution >= 0.6 is 0 Å². The van der Waals surface area contributed by atoms with Crippen LogP contribution in [0, 0.1) is 5.92 Å². The van der Waals surface area contributed by atoms with Crippen LogP contribution < -0.4 is 10.6 Å². The van der Waals surface area contributed by atoms with Crippen LogP contribution in [0.5, 0.6) is 0 Å². The summed E-state index contributed by atoms with van der Waals surface area (Å²) in [5.41, 5.74) is 2.85. The highest BCUT2D eigenvalue weighted by molar-refractivity contribution is 5.27. The van der Waals surface area contributed by atoms with E-state index in [1.165, 1.54) is 43.4 Å². The van der Waals surface area contributed by atoms with Gasteiger partial charge in [0.2, 0.25) is 0 Å². The van der Waals surface area contributed by atoms with Crippen molar-refractivity contribution in [2.24, 2.45) is 5.92 Å². The van der Waals surface area contributed by atoms with Crippen molar-refractivity contribution in [1.82, 2.24) is 10.6 Å². The van der Waals surface area contributed by atoms with E-state index in [9.17, 15) is 0 Å². The van der Waals surface area contributed by atoms with Crippen LogP contribution in [0.2, 0.25) is 0 Å². The summed E-state index contributed by atoms with van der Waals surface area (Å²) in [6.07, 6.45) is 11.0. The van der Waals surface area contributed by atoms with Crippen LogP contribution in [0.25, 0.3) is 0 Å². The third-order valence-corrected chi connectivity index (χ3v) is 3.63. The minimum absolute atomic E-state index is 0.340. The molecular formula is C15H28N2. The Bertz CT molecular complexity index is 279. The van der Waals surface area contributed by atoms with Crippen molar-refractivity contribution >= 4 is 0 Å². The lowest BCUT2D eigenvalue weighted by Crippen LogP contribution is -2.42. The van der Waals surface area contributed by atoms with E-state index in [0.29, 0.717) is 6.17 Å². The van der Waals surface area contributed by atoms with Crippen LogP contribution in [-0.4, -0.2) is 13.2 Å². The fourth-order valence-electron chi connectivity index (χ4n) is 2.17. The zero-order valence-electron chi connectivity index (χ0n) is 11.8. The minimum Gasteiger partial charge on any atom is -0.370 e. The maximum atomic E-state index is 3.60. The zero-order chi connectivity index (χ0) is 12.7. The Hall–Kier alpha value is -0.760. The zero-order valence-corrected chi connectivity index (χ0v) is 11.8. The summed E-state index contributed by atoms with van der Waals surface area (Å²) in [4.78, 5) is 0. The average Bonchev–Trinajstić information content (AvgIpc) is 2.37. The molecule has 0 saturated carbocycles. The first kappa shape index (κ1) is 14.3. The monoisotopic (exact) mass is 236 g/mol. The first-order chi connectivity index (χ1) is 8.21. The maximum absolute atomic E-state index is 3.60. The van der Waals surface area contributed by atoms with Gasteiger partial charge in [-0.2, -0.15) is 0 Å². The van der Waals surface area contributed by atoms with Gasteiger partial charge in [0.1, 0.15) is 0 Å². The molecule has 0 radical (unpaired) electrons. The Kier molecular flexibility index (Phi) is 6.35. The number of nitrogens with one attached hydrogen (secondary N) is 2. The Morgan fingerprint density at radius 2 is 2.06 bits per heavy atom. The molecule has 2 unspecified atom stereocenters. The normalized spacial score (nSPS) is 21.5. The quantitative estimate of drug-likeness (QED) is 0.706. The first-order valence-electron chi connectivity index (χ1n) is 7.04. The Balaban J connectivity index is 2.52. The summed E-state index contributed by atoms with van der Waals surface area (Å²) in [5.74, 6) is 0.826. The van der Waals surface area contributed by atoms with Crippen LogP contribution in [0.4, 0.5) is 0 Å². The van der Waals surface area contributed by atoms with Gasteiger partial charge in [-0.05, 0) is 43.9 Å². The predicted molar refractivity (Wildman–Crippen MR) is 75.7 cm³/mol. The van der Waals surface area contributed by atoms with Crippen LogP contribution in [-0.2, 0) is 0 Å². The van der Waals surface area contributed by atoms with E-state index in [2.05, 4.69) is 43.6 Å². The second kappa shape index (κ2) is 7.54. The molecule has 0 spiro atoms. The van der Waals surface area contributed by atoms with Crippen molar-refractivity contribution < 1.29 is 0 Å². The molecule has 0 aromatic heterocycles. The van der Waals surface area contributed by atoms with Gasteiger partial charge in [-0.15, -0.1) is 0 Å². The van der Waals surface area contributed by atoms with E-state index >= 15 is 0 Å². The molecule has 0 bridgehead atoms. The highest BCUT2D eigenvalue weighted by Crippen LogP contribution is 2.19. The van der Waals surface area contributed by atoms with Gasteiger partial charge in [0, 0.05) is 5.70 Å². The second-order valence-electron chi connectivity index (χ2n) is 5.10. The molecule has 0 saturated heterocycles. The Morgan fingerprint density at radius 1 is 1.29 bits per heavy atom. The van der Waals surface area contributed by atoms with Crippen LogP contribution in [0.3, 0.4) is 0 Å². The topological polar surface area (TPSA) is 24.1 Å². The van der Waals surface area contributed by atoms with Crippen LogP contribution in [0.15, 0.2) is 23.4 Å². The van der Waals surface area contributed by atoms with Crippen molar-refractivity contribution in [3.63, 3.8) is 0 Å². The summed E-state index contributed by atoms with van der Waals surface area (Å²) in [6.45, 7) is 6.83. The van der Waals surface area contributed by atoms with Crippen LogP contribution in [0.1, 0.15) is 52.9 Å². The van der Waals surface area contributed by atoms with Gasteiger partial charge in [0.25, 0.3) is 0 Å². The molecule has 1 aliphatic rings. The van der Waals surface area contributed by atoms with Crippen molar-refractivity contribution in [3.05, 3.63) is 23.4 Å². The summed E-state index contributed by atoms with van der Waals surface area (Å²) in [7, 11) is 2.03. The lowest BCUT2D eigenvalue weighted by Gasteiger charge is -2.27. The molecule has 98 valence electrons. The minimum atomic E-state index is 0.340. The Morgan fingerprint density at radius 3 is 2.65 bits per heavy atom. The Labute approximate surface area is 107 Å². The van der Waals surface area contributed by atoms with Crippen molar-refractivity contribution in [2.45, 2.75) is 59.0 Å². The highest BCUT2D eigenvalue weighted by atomic mass is 15.1. The molecule has 2 heteroatoms. The summed E-state index contributed by atoms with van der Waals surface area (Å²) < 4.78 is 0. The lowest BCUT2D eigenvalue weighted by molar-refractivity contribution is 0.477. The molecule has 1 rings (SSSR count). The fourth-order valence-corrected chi connectivity index (χ4v) is 2.17. The number of likely N-dealkylation sites (N-methyl/N-ethyl adjacent to an activating group) is 1. The van der Waals surface area contributed by atoms with Gasteiger partial charge in [-0.25, -0.2) is 0 Å². The molecule has 2 N–H and O–H groups in total. The van der Waals surface area contributed by atoms with Crippen molar-refractivity contribution in [1.29, 1.82) is 0 Å². The third kappa shape index (κ3) is 4.55. The van der Waals surface area contributed by atoms with E-state index in [0.717, 1.165) is 5.92 Å². The standard InChI is InChI=1S/C15H28N2/c1-5-7-13-9-11-14(17-15(13)16-4)10-8-12(3)6-2/h9,11-12,15-17H,5-8,10H2,1-4H3. The molecule has 1 aliphatic heterocycles.